The molecule has 0 aliphatic heterocycles. The van der Waals surface area contributed by atoms with E-state index in [0.29, 0.717) is 5.65 Å². The summed E-state index contributed by atoms with van der Waals surface area (Å²) in [5.41, 5.74) is 2.86. The number of carbonyl (C=O) groups excluding carboxylic acids is 1. The monoisotopic (exact) mass is 333 g/mol. The van der Waals surface area contributed by atoms with Gasteiger partial charge in [-0.2, -0.15) is 0 Å². The van der Waals surface area contributed by atoms with Gasteiger partial charge in [-0.1, -0.05) is 12.1 Å². The molecule has 0 aliphatic rings. The minimum atomic E-state index is -0.405. The van der Waals surface area contributed by atoms with Gasteiger partial charge < -0.3 is 9.72 Å². The number of pyridine rings is 2. The van der Waals surface area contributed by atoms with Crippen molar-refractivity contribution in [2.75, 3.05) is 0 Å². The summed E-state index contributed by atoms with van der Waals surface area (Å²) < 4.78 is 3.35. The van der Waals surface area contributed by atoms with Crippen LogP contribution in [0.25, 0.3) is 11.3 Å². The fourth-order valence-corrected chi connectivity index (χ4v) is 2.72. The number of carbonyl (C=O) groups is 1. The van der Waals surface area contributed by atoms with E-state index in [1.54, 1.807) is 24.4 Å². The third-order valence-corrected chi connectivity index (χ3v) is 3.98. The molecule has 0 fully saturated rings. The molecule has 1 amide bonds. The lowest BCUT2D eigenvalue weighted by molar-refractivity contribution is 0.0945. The molecular weight excluding hydrogens is 318 g/mol. The molecule has 124 valence electrons. The van der Waals surface area contributed by atoms with Crippen LogP contribution in [-0.2, 0) is 6.54 Å². The Labute approximate surface area is 142 Å². The molecule has 0 saturated heterocycles. The third-order valence-electron chi connectivity index (χ3n) is 3.98. The maximum Gasteiger partial charge on any atom is 0.270 e. The molecule has 0 saturated carbocycles. The molecule has 0 radical (unpaired) electrons. The van der Waals surface area contributed by atoms with Crippen molar-refractivity contribution in [3.05, 3.63) is 82.3 Å². The second-order valence-corrected chi connectivity index (χ2v) is 5.72. The number of aromatic nitrogens is 4. The third kappa shape index (κ3) is 2.76. The predicted molar refractivity (Wildman–Crippen MR) is 92.6 cm³/mol. The average Bonchev–Trinajstić information content (AvgIpc) is 3.04. The van der Waals surface area contributed by atoms with Gasteiger partial charge in [0.2, 0.25) is 0 Å². The standard InChI is InChI=1S/C18H15N5O2/c1-12-5-4-7-15-20-13(11-23(12)15)10-19-18(25)14-9-17(24)22-8-3-2-6-16(22)21-14/h2-9,11H,10H2,1H3,(H,19,25). The van der Waals surface area contributed by atoms with Crippen molar-refractivity contribution in [3.63, 3.8) is 0 Å². The van der Waals surface area contributed by atoms with Crippen LogP contribution in [0.3, 0.4) is 0 Å². The van der Waals surface area contributed by atoms with Gasteiger partial charge in [-0.25, -0.2) is 9.97 Å². The van der Waals surface area contributed by atoms with Gasteiger partial charge in [0.1, 0.15) is 17.0 Å². The number of aryl methyl sites for hydroxylation is 1. The highest BCUT2D eigenvalue weighted by molar-refractivity contribution is 5.92. The molecular formula is C18H15N5O2. The molecule has 0 spiro atoms. The molecule has 4 aromatic rings. The van der Waals surface area contributed by atoms with E-state index in [4.69, 9.17) is 0 Å². The summed E-state index contributed by atoms with van der Waals surface area (Å²) in [5, 5.41) is 2.76. The van der Waals surface area contributed by atoms with E-state index < -0.39 is 5.91 Å². The Bertz CT molecular complexity index is 1160. The molecule has 4 rings (SSSR count). The second-order valence-electron chi connectivity index (χ2n) is 5.72. The van der Waals surface area contributed by atoms with Gasteiger partial charge in [-0.3, -0.25) is 14.0 Å². The zero-order valence-corrected chi connectivity index (χ0v) is 13.5. The van der Waals surface area contributed by atoms with Gasteiger partial charge in [-0.15, -0.1) is 0 Å². The first kappa shape index (κ1) is 15.1. The summed E-state index contributed by atoms with van der Waals surface area (Å²) >= 11 is 0. The normalized spacial score (nSPS) is 11.1. The molecule has 0 aromatic carbocycles. The molecule has 25 heavy (non-hydrogen) atoms. The molecule has 0 unspecified atom stereocenters. The Morgan fingerprint density at radius 3 is 2.72 bits per heavy atom. The first-order valence-corrected chi connectivity index (χ1v) is 7.82. The lowest BCUT2D eigenvalue weighted by Gasteiger charge is -2.04. The van der Waals surface area contributed by atoms with Crippen molar-refractivity contribution in [2.45, 2.75) is 13.5 Å². The van der Waals surface area contributed by atoms with Crippen LogP contribution in [-0.4, -0.2) is 24.7 Å². The highest BCUT2D eigenvalue weighted by atomic mass is 16.2. The topological polar surface area (TPSA) is 80.8 Å². The summed E-state index contributed by atoms with van der Waals surface area (Å²) in [5.74, 6) is -0.405. The molecule has 4 heterocycles. The van der Waals surface area contributed by atoms with Crippen LogP contribution in [0.2, 0.25) is 0 Å². The number of hydrogen-bond acceptors (Lipinski definition) is 4. The van der Waals surface area contributed by atoms with Gasteiger partial charge in [0.05, 0.1) is 12.2 Å². The number of nitrogens with zero attached hydrogens (tertiary/aromatic N) is 4. The minimum absolute atomic E-state index is 0.0937. The molecule has 4 aromatic heterocycles. The zero-order valence-electron chi connectivity index (χ0n) is 13.5. The Hall–Kier alpha value is -3.48. The van der Waals surface area contributed by atoms with Crippen molar-refractivity contribution >= 4 is 17.2 Å². The van der Waals surface area contributed by atoms with Gasteiger partial charge >= 0.3 is 0 Å². The first-order chi connectivity index (χ1) is 12.1. The number of rotatable bonds is 3. The van der Waals surface area contributed by atoms with Gasteiger partial charge in [0, 0.05) is 24.2 Å². The number of imidazole rings is 1. The Morgan fingerprint density at radius 2 is 1.88 bits per heavy atom. The molecule has 7 nitrogen and oxygen atoms in total. The lowest BCUT2D eigenvalue weighted by atomic mass is 10.3. The van der Waals surface area contributed by atoms with E-state index >= 15 is 0 Å². The zero-order chi connectivity index (χ0) is 17.4. The van der Waals surface area contributed by atoms with Crippen molar-refractivity contribution in [1.82, 2.24) is 24.1 Å². The minimum Gasteiger partial charge on any atom is -0.345 e. The number of amides is 1. The summed E-state index contributed by atoms with van der Waals surface area (Å²) in [4.78, 5) is 33.1. The molecule has 0 atom stereocenters. The predicted octanol–water partition coefficient (Wildman–Crippen LogP) is 1.58. The number of nitrogens with one attached hydrogen (secondary N) is 1. The molecule has 0 bridgehead atoms. The van der Waals surface area contributed by atoms with E-state index in [-0.39, 0.29) is 17.8 Å². The van der Waals surface area contributed by atoms with Crippen molar-refractivity contribution in [2.24, 2.45) is 0 Å². The highest BCUT2D eigenvalue weighted by Gasteiger charge is 2.11. The Balaban J connectivity index is 1.57. The van der Waals surface area contributed by atoms with Crippen molar-refractivity contribution in [1.29, 1.82) is 0 Å². The quantitative estimate of drug-likeness (QED) is 0.617. The average molecular weight is 333 g/mol. The van der Waals surface area contributed by atoms with E-state index in [0.717, 1.165) is 17.0 Å². The van der Waals surface area contributed by atoms with Crippen LogP contribution >= 0.6 is 0 Å². The molecule has 7 heteroatoms. The van der Waals surface area contributed by atoms with Crippen LogP contribution in [0.4, 0.5) is 0 Å². The van der Waals surface area contributed by atoms with E-state index in [1.165, 1.54) is 10.5 Å². The largest absolute Gasteiger partial charge is 0.345 e. The summed E-state index contributed by atoms with van der Waals surface area (Å²) in [7, 11) is 0. The smallest absolute Gasteiger partial charge is 0.270 e. The lowest BCUT2D eigenvalue weighted by Crippen LogP contribution is -2.27. The SMILES string of the molecule is Cc1cccc2nc(CNC(=O)c3cc(=O)n4ccccc4n3)cn12. The van der Waals surface area contributed by atoms with E-state index in [2.05, 4.69) is 15.3 Å². The van der Waals surface area contributed by atoms with Crippen LogP contribution in [0, 0.1) is 6.92 Å². The highest BCUT2D eigenvalue weighted by Crippen LogP contribution is 2.08. The Morgan fingerprint density at radius 1 is 1.08 bits per heavy atom. The van der Waals surface area contributed by atoms with Crippen LogP contribution in [0.1, 0.15) is 21.9 Å². The molecule has 1 N–H and O–H groups in total. The maximum atomic E-state index is 12.3. The fraction of sp³-hybridized carbons (Fsp3) is 0.111. The van der Waals surface area contributed by atoms with Gasteiger partial charge in [-0.05, 0) is 31.2 Å². The van der Waals surface area contributed by atoms with E-state index in [9.17, 15) is 9.59 Å². The second kappa shape index (κ2) is 5.86. The van der Waals surface area contributed by atoms with Crippen LogP contribution in [0.15, 0.2) is 59.7 Å². The van der Waals surface area contributed by atoms with E-state index in [1.807, 2.05) is 35.7 Å². The van der Waals surface area contributed by atoms with Crippen LogP contribution in [0.5, 0.6) is 0 Å². The Kier molecular flexibility index (Phi) is 3.53. The van der Waals surface area contributed by atoms with Gasteiger partial charge in [0.25, 0.3) is 11.5 Å². The first-order valence-electron chi connectivity index (χ1n) is 7.82. The summed E-state index contributed by atoms with van der Waals surface area (Å²) in [6.07, 6.45) is 3.50. The summed E-state index contributed by atoms with van der Waals surface area (Å²) in [6, 6.07) is 12.3. The number of fused-ring (bicyclic) bond motifs is 2. The summed E-state index contributed by atoms with van der Waals surface area (Å²) in [6.45, 7) is 2.25. The van der Waals surface area contributed by atoms with Crippen molar-refractivity contribution < 1.29 is 4.79 Å². The van der Waals surface area contributed by atoms with Crippen LogP contribution < -0.4 is 10.9 Å². The van der Waals surface area contributed by atoms with Gasteiger partial charge in [0.15, 0.2) is 0 Å². The maximum absolute atomic E-state index is 12.3. The van der Waals surface area contributed by atoms with Crippen molar-refractivity contribution in [3.8, 4) is 0 Å². The number of hydrogen-bond donors (Lipinski definition) is 1. The fourth-order valence-electron chi connectivity index (χ4n) is 2.72. The molecule has 0 aliphatic carbocycles.